The molecule has 0 saturated heterocycles. The molecule has 1 saturated carbocycles. The molecule has 1 atom stereocenters. The summed E-state index contributed by atoms with van der Waals surface area (Å²) in [4.78, 5) is 2.63. The van der Waals surface area contributed by atoms with E-state index in [1.807, 2.05) is 0 Å². The molecule has 1 fully saturated rings. The molecule has 2 nitrogen and oxygen atoms in total. The van der Waals surface area contributed by atoms with Crippen LogP contribution < -0.4 is 5.73 Å². The van der Waals surface area contributed by atoms with Crippen LogP contribution in [-0.2, 0) is 0 Å². The van der Waals surface area contributed by atoms with Gasteiger partial charge in [-0.15, -0.1) is 0 Å². The zero-order valence-corrected chi connectivity index (χ0v) is 12.7. The van der Waals surface area contributed by atoms with Gasteiger partial charge in [0.15, 0.2) is 0 Å². The first kappa shape index (κ1) is 14.5. The molecule has 0 aromatic heterocycles. The third-order valence-corrected chi connectivity index (χ3v) is 4.58. The van der Waals surface area contributed by atoms with Crippen molar-refractivity contribution in [3.05, 3.63) is 34.9 Å². The van der Waals surface area contributed by atoms with Crippen LogP contribution in [0.2, 0.25) is 0 Å². The summed E-state index contributed by atoms with van der Waals surface area (Å²) in [6.45, 7) is 8.46. The van der Waals surface area contributed by atoms with Crippen LogP contribution in [0.1, 0.15) is 55.3 Å². The Labute approximate surface area is 118 Å². The molecule has 0 radical (unpaired) electrons. The summed E-state index contributed by atoms with van der Waals surface area (Å²) in [5.74, 6) is 0. The molecule has 19 heavy (non-hydrogen) atoms. The minimum absolute atomic E-state index is 0.382. The lowest BCUT2D eigenvalue weighted by Gasteiger charge is -2.36. The van der Waals surface area contributed by atoms with E-state index >= 15 is 0 Å². The van der Waals surface area contributed by atoms with Crippen LogP contribution in [0.5, 0.6) is 0 Å². The van der Waals surface area contributed by atoms with E-state index < -0.39 is 0 Å². The zero-order valence-electron chi connectivity index (χ0n) is 12.7. The van der Waals surface area contributed by atoms with Crippen LogP contribution in [0.25, 0.3) is 0 Å². The topological polar surface area (TPSA) is 29.3 Å². The van der Waals surface area contributed by atoms with Gasteiger partial charge in [-0.3, -0.25) is 4.90 Å². The van der Waals surface area contributed by atoms with Crippen LogP contribution in [0.15, 0.2) is 18.2 Å². The molecule has 1 aliphatic carbocycles. The molecule has 106 valence electrons. The average Bonchev–Trinajstić information content (AvgIpc) is 2.92. The monoisotopic (exact) mass is 260 g/mol. The summed E-state index contributed by atoms with van der Waals surface area (Å²) >= 11 is 0. The van der Waals surface area contributed by atoms with Crippen molar-refractivity contribution < 1.29 is 0 Å². The van der Waals surface area contributed by atoms with Crippen LogP contribution in [0.4, 0.5) is 0 Å². The second kappa shape index (κ2) is 6.53. The highest BCUT2D eigenvalue weighted by molar-refractivity contribution is 5.33. The molecule has 0 spiro atoms. The Morgan fingerprint density at radius 1 is 1.26 bits per heavy atom. The fourth-order valence-electron chi connectivity index (χ4n) is 3.53. The SMILES string of the molecule is CCN(C1CCCC1)C(CN)c1cc(C)ccc1C. The Balaban J connectivity index is 2.28. The first-order valence-corrected chi connectivity index (χ1v) is 7.70. The van der Waals surface area contributed by atoms with Gasteiger partial charge in [-0.1, -0.05) is 43.5 Å². The van der Waals surface area contributed by atoms with E-state index in [1.165, 1.54) is 42.4 Å². The molecule has 2 heteroatoms. The van der Waals surface area contributed by atoms with E-state index in [1.54, 1.807) is 0 Å². The number of rotatable bonds is 5. The lowest BCUT2D eigenvalue weighted by atomic mass is 9.96. The van der Waals surface area contributed by atoms with Crippen molar-refractivity contribution in [1.29, 1.82) is 0 Å². The number of nitrogens with zero attached hydrogens (tertiary/aromatic N) is 1. The molecule has 2 N–H and O–H groups in total. The highest BCUT2D eigenvalue weighted by atomic mass is 15.2. The summed E-state index contributed by atoms with van der Waals surface area (Å²) in [6, 6.07) is 7.87. The summed E-state index contributed by atoms with van der Waals surface area (Å²) in [5.41, 5.74) is 10.3. The van der Waals surface area contributed by atoms with Crippen molar-refractivity contribution in [2.75, 3.05) is 13.1 Å². The van der Waals surface area contributed by atoms with E-state index in [2.05, 4.69) is 43.9 Å². The van der Waals surface area contributed by atoms with E-state index in [0.717, 1.165) is 12.6 Å². The van der Waals surface area contributed by atoms with Gasteiger partial charge in [0.25, 0.3) is 0 Å². The quantitative estimate of drug-likeness (QED) is 0.877. The molecule has 1 unspecified atom stereocenters. The Kier molecular flexibility index (Phi) is 5.00. The molecule has 0 bridgehead atoms. The lowest BCUT2D eigenvalue weighted by molar-refractivity contribution is 0.147. The van der Waals surface area contributed by atoms with Gasteiger partial charge in [0, 0.05) is 18.6 Å². The van der Waals surface area contributed by atoms with Crippen molar-refractivity contribution in [2.45, 2.75) is 58.5 Å². The Bertz CT molecular complexity index is 408. The molecular weight excluding hydrogens is 232 g/mol. The first-order chi connectivity index (χ1) is 9.17. The Hall–Kier alpha value is -0.860. The summed E-state index contributed by atoms with van der Waals surface area (Å²) in [7, 11) is 0. The standard InChI is InChI=1S/C17H28N2/c1-4-19(15-7-5-6-8-15)17(12-18)16-11-13(2)9-10-14(16)3/h9-11,15,17H,4-8,12,18H2,1-3H3. The minimum atomic E-state index is 0.382. The molecule has 1 aromatic carbocycles. The van der Waals surface area contributed by atoms with Crippen molar-refractivity contribution in [2.24, 2.45) is 5.73 Å². The first-order valence-electron chi connectivity index (χ1n) is 7.70. The highest BCUT2D eigenvalue weighted by Gasteiger charge is 2.28. The van der Waals surface area contributed by atoms with Crippen LogP contribution >= 0.6 is 0 Å². The van der Waals surface area contributed by atoms with Gasteiger partial charge in [0.05, 0.1) is 0 Å². The fraction of sp³-hybridized carbons (Fsp3) is 0.647. The number of likely N-dealkylation sites (N-methyl/N-ethyl adjacent to an activating group) is 1. The van der Waals surface area contributed by atoms with Gasteiger partial charge >= 0.3 is 0 Å². The highest BCUT2D eigenvalue weighted by Crippen LogP contribution is 2.32. The van der Waals surface area contributed by atoms with Crippen molar-refractivity contribution in [1.82, 2.24) is 4.90 Å². The van der Waals surface area contributed by atoms with E-state index in [-0.39, 0.29) is 0 Å². The Morgan fingerprint density at radius 3 is 2.53 bits per heavy atom. The maximum atomic E-state index is 6.13. The molecule has 0 aliphatic heterocycles. The number of hydrogen-bond acceptors (Lipinski definition) is 2. The van der Waals surface area contributed by atoms with Crippen LogP contribution in [-0.4, -0.2) is 24.0 Å². The number of nitrogens with two attached hydrogens (primary N) is 1. The number of benzene rings is 1. The van der Waals surface area contributed by atoms with E-state index in [0.29, 0.717) is 12.6 Å². The van der Waals surface area contributed by atoms with Crippen molar-refractivity contribution >= 4 is 0 Å². The lowest BCUT2D eigenvalue weighted by Crippen LogP contribution is -2.40. The predicted molar refractivity (Wildman–Crippen MR) is 82.3 cm³/mol. The van der Waals surface area contributed by atoms with Gasteiger partial charge < -0.3 is 5.73 Å². The average molecular weight is 260 g/mol. The van der Waals surface area contributed by atoms with Gasteiger partial charge in [-0.2, -0.15) is 0 Å². The van der Waals surface area contributed by atoms with Crippen molar-refractivity contribution in [3.63, 3.8) is 0 Å². The summed E-state index contributed by atoms with van der Waals surface area (Å²) < 4.78 is 0. The molecular formula is C17H28N2. The zero-order chi connectivity index (χ0) is 13.8. The predicted octanol–water partition coefficient (Wildman–Crippen LogP) is 3.57. The van der Waals surface area contributed by atoms with Gasteiger partial charge in [0.2, 0.25) is 0 Å². The van der Waals surface area contributed by atoms with E-state index in [9.17, 15) is 0 Å². The molecule has 0 amide bonds. The van der Waals surface area contributed by atoms with Crippen LogP contribution in [0.3, 0.4) is 0 Å². The Morgan fingerprint density at radius 2 is 1.95 bits per heavy atom. The number of aryl methyl sites for hydroxylation is 2. The second-order valence-corrected chi connectivity index (χ2v) is 5.88. The number of hydrogen-bond donors (Lipinski definition) is 1. The largest absolute Gasteiger partial charge is 0.329 e. The normalized spacial score (nSPS) is 18.2. The second-order valence-electron chi connectivity index (χ2n) is 5.88. The minimum Gasteiger partial charge on any atom is -0.329 e. The maximum absolute atomic E-state index is 6.13. The van der Waals surface area contributed by atoms with Gasteiger partial charge in [-0.25, -0.2) is 0 Å². The third-order valence-electron chi connectivity index (χ3n) is 4.58. The summed E-state index contributed by atoms with van der Waals surface area (Å²) in [6.07, 6.45) is 5.45. The van der Waals surface area contributed by atoms with Gasteiger partial charge in [0.1, 0.15) is 0 Å². The maximum Gasteiger partial charge on any atom is 0.0475 e. The molecule has 1 aliphatic rings. The van der Waals surface area contributed by atoms with Crippen molar-refractivity contribution in [3.8, 4) is 0 Å². The van der Waals surface area contributed by atoms with Gasteiger partial charge in [-0.05, 0) is 44.4 Å². The molecule has 0 heterocycles. The van der Waals surface area contributed by atoms with Crippen LogP contribution in [0, 0.1) is 13.8 Å². The molecule has 2 rings (SSSR count). The van der Waals surface area contributed by atoms with E-state index in [4.69, 9.17) is 5.73 Å². The molecule has 1 aromatic rings. The fourth-order valence-corrected chi connectivity index (χ4v) is 3.53. The third kappa shape index (κ3) is 3.18. The summed E-state index contributed by atoms with van der Waals surface area (Å²) in [5, 5.41) is 0. The smallest absolute Gasteiger partial charge is 0.0475 e.